The summed E-state index contributed by atoms with van der Waals surface area (Å²) >= 11 is 0. The minimum absolute atomic E-state index is 0.113. The molecule has 0 saturated carbocycles. The van der Waals surface area contributed by atoms with Crippen LogP contribution in [0.4, 0.5) is 0 Å². The lowest BCUT2D eigenvalue weighted by Crippen LogP contribution is -2.11. The Kier molecular flexibility index (Phi) is 3.70. The number of ether oxygens (including phenoxy) is 1. The summed E-state index contributed by atoms with van der Waals surface area (Å²) in [6.07, 6.45) is 1.31. The molecular formula is C13H14N2O4. The summed E-state index contributed by atoms with van der Waals surface area (Å²) in [6.45, 7) is 2.48. The van der Waals surface area contributed by atoms with Gasteiger partial charge in [0.05, 0.1) is 6.20 Å². The van der Waals surface area contributed by atoms with Crippen LogP contribution in [-0.2, 0) is 13.2 Å². The summed E-state index contributed by atoms with van der Waals surface area (Å²) in [4.78, 5) is 15.0. The Morgan fingerprint density at radius 1 is 1.47 bits per heavy atom. The number of carboxylic acids is 1. The van der Waals surface area contributed by atoms with Gasteiger partial charge in [0.15, 0.2) is 0 Å². The van der Waals surface area contributed by atoms with E-state index >= 15 is 0 Å². The van der Waals surface area contributed by atoms with Crippen LogP contribution in [0.25, 0.3) is 0 Å². The minimum Gasteiger partial charge on any atom is -0.508 e. The highest BCUT2D eigenvalue weighted by molar-refractivity contribution is 5.85. The summed E-state index contributed by atoms with van der Waals surface area (Å²) in [5.41, 5.74) is 0.136. The molecule has 0 fully saturated rings. The zero-order valence-corrected chi connectivity index (χ0v) is 10.4. The molecule has 0 amide bonds. The van der Waals surface area contributed by atoms with Gasteiger partial charge < -0.3 is 19.5 Å². The van der Waals surface area contributed by atoms with Crippen molar-refractivity contribution >= 4 is 5.97 Å². The molecular weight excluding hydrogens is 248 g/mol. The van der Waals surface area contributed by atoms with E-state index in [1.165, 1.54) is 12.3 Å². The second kappa shape index (κ2) is 5.43. The van der Waals surface area contributed by atoms with E-state index in [4.69, 9.17) is 9.84 Å². The summed E-state index contributed by atoms with van der Waals surface area (Å²) in [5.74, 6) is 0.131. The molecule has 2 rings (SSSR count). The zero-order chi connectivity index (χ0) is 13.8. The second-order valence-electron chi connectivity index (χ2n) is 3.90. The Morgan fingerprint density at radius 3 is 2.89 bits per heavy atom. The van der Waals surface area contributed by atoms with E-state index in [1.54, 1.807) is 22.8 Å². The number of nitrogens with zero attached hydrogens (tertiary/aromatic N) is 2. The van der Waals surface area contributed by atoms with Crippen molar-refractivity contribution in [2.24, 2.45) is 0 Å². The number of aromatic nitrogens is 2. The van der Waals surface area contributed by atoms with Crippen molar-refractivity contribution in [2.75, 3.05) is 0 Å². The van der Waals surface area contributed by atoms with E-state index in [-0.39, 0.29) is 18.1 Å². The molecule has 1 heterocycles. The second-order valence-corrected chi connectivity index (χ2v) is 3.90. The SMILES string of the molecule is CCn1c(C(=O)O)cnc1COc1cccc(O)c1. The lowest BCUT2D eigenvalue weighted by Gasteiger charge is -2.09. The van der Waals surface area contributed by atoms with Gasteiger partial charge in [-0.1, -0.05) is 6.07 Å². The van der Waals surface area contributed by atoms with Crippen molar-refractivity contribution in [1.29, 1.82) is 0 Å². The minimum atomic E-state index is -1.02. The highest BCUT2D eigenvalue weighted by Crippen LogP contribution is 2.19. The fourth-order valence-electron chi connectivity index (χ4n) is 1.77. The molecule has 100 valence electrons. The highest BCUT2D eigenvalue weighted by Gasteiger charge is 2.14. The Hall–Kier alpha value is -2.50. The molecule has 1 aromatic heterocycles. The molecule has 19 heavy (non-hydrogen) atoms. The Bertz CT molecular complexity index is 592. The molecule has 0 atom stereocenters. The predicted molar refractivity (Wildman–Crippen MR) is 67.3 cm³/mol. The summed E-state index contributed by atoms with van der Waals surface area (Å²) in [5, 5.41) is 18.3. The quantitative estimate of drug-likeness (QED) is 0.859. The van der Waals surface area contributed by atoms with Gasteiger partial charge in [0.25, 0.3) is 0 Å². The van der Waals surface area contributed by atoms with Crippen molar-refractivity contribution in [3.63, 3.8) is 0 Å². The van der Waals surface area contributed by atoms with Gasteiger partial charge in [-0.15, -0.1) is 0 Å². The molecule has 0 spiro atoms. The van der Waals surface area contributed by atoms with Gasteiger partial charge in [-0.05, 0) is 19.1 Å². The van der Waals surface area contributed by atoms with E-state index in [0.29, 0.717) is 18.1 Å². The third-order valence-electron chi connectivity index (χ3n) is 2.66. The normalized spacial score (nSPS) is 10.4. The first-order valence-corrected chi connectivity index (χ1v) is 5.81. The van der Waals surface area contributed by atoms with Crippen LogP contribution in [0.5, 0.6) is 11.5 Å². The molecule has 6 heteroatoms. The van der Waals surface area contributed by atoms with E-state index < -0.39 is 5.97 Å². The van der Waals surface area contributed by atoms with E-state index in [9.17, 15) is 9.90 Å². The van der Waals surface area contributed by atoms with Crippen LogP contribution in [0.15, 0.2) is 30.5 Å². The van der Waals surface area contributed by atoms with Crippen LogP contribution in [-0.4, -0.2) is 25.7 Å². The van der Waals surface area contributed by atoms with Crippen LogP contribution in [0.1, 0.15) is 23.2 Å². The van der Waals surface area contributed by atoms with E-state index in [0.717, 1.165) is 0 Å². The van der Waals surface area contributed by atoms with Gasteiger partial charge in [0.2, 0.25) is 0 Å². The van der Waals surface area contributed by atoms with Crippen LogP contribution in [0.2, 0.25) is 0 Å². The zero-order valence-electron chi connectivity index (χ0n) is 10.4. The summed E-state index contributed by atoms with van der Waals surface area (Å²) < 4.78 is 7.05. The number of carboxylic acid groups (broad SMARTS) is 1. The number of carbonyl (C=O) groups is 1. The molecule has 1 aromatic carbocycles. The maximum atomic E-state index is 11.0. The third-order valence-corrected chi connectivity index (χ3v) is 2.66. The number of rotatable bonds is 5. The Balaban J connectivity index is 2.14. The lowest BCUT2D eigenvalue weighted by atomic mass is 10.3. The number of aromatic hydroxyl groups is 1. The van der Waals surface area contributed by atoms with Crippen molar-refractivity contribution in [3.05, 3.63) is 42.0 Å². The first kappa shape index (κ1) is 12.9. The van der Waals surface area contributed by atoms with Crippen LogP contribution < -0.4 is 4.74 Å². The molecule has 0 radical (unpaired) electrons. The van der Waals surface area contributed by atoms with Crippen LogP contribution >= 0.6 is 0 Å². The fourth-order valence-corrected chi connectivity index (χ4v) is 1.77. The van der Waals surface area contributed by atoms with Gasteiger partial charge in [0.1, 0.15) is 29.6 Å². The lowest BCUT2D eigenvalue weighted by molar-refractivity contribution is 0.0684. The maximum Gasteiger partial charge on any atom is 0.354 e. The molecule has 0 saturated heterocycles. The summed E-state index contributed by atoms with van der Waals surface area (Å²) in [6, 6.07) is 6.40. The smallest absolute Gasteiger partial charge is 0.354 e. The number of hydrogen-bond donors (Lipinski definition) is 2. The maximum absolute atomic E-state index is 11.0. The van der Waals surface area contributed by atoms with Gasteiger partial charge in [-0.25, -0.2) is 9.78 Å². The molecule has 2 aromatic rings. The predicted octanol–water partition coefficient (Wildman–Crippen LogP) is 1.89. The number of phenols is 1. The topological polar surface area (TPSA) is 84.6 Å². The van der Waals surface area contributed by atoms with E-state index in [2.05, 4.69) is 4.98 Å². The van der Waals surface area contributed by atoms with Crippen molar-refractivity contribution < 1.29 is 19.7 Å². The van der Waals surface area contributed by atoms with Crippen molar-refractivity contribution in [2.45, 2.75) is 20.1 Å². The molecule has 0 unspecified atom stereocenters. The number of aromatic carboxylic acids is 1. The molecule has 2 N–H and O–H groups in total. The van der Waals surface area contributed by atoms with Gasteiger partial charge in [0, 0.05) is 12.6 Å². The van der Waals surface area contributed by atoms with Crippen molar-refractivity contribution in [1.82, 2.24) is 9.55 Å². The third kappa shape index (κ3) is 2.85. The van der Waals surface area contributed by atoms with Crippen LogP contribution in [0, 0.1) is 0 Å². The highest BCUT2D eigenvalue weighted by atomic mass is 16.5. The van der Waals surface area contributed by atoms with Crippen molar-refractivity contribution in [3.8, 4) is 11.5 Å². The Morgan fingerprint density at radius 2 is 2.26 bits per heavy atom. The Labute approximate surface area is 109 Å². The monoisotopic (exact) mass is 262 g/mol. The largest absolute Gasteiger partial charge is 0.508 e. The van der Waals surface area contributed by atoms with Gasteiger partial charge in [-0.2, -0.15) is 0 Å². The van der Waals surface area contributed by atoms with Gasteiger partial charge >= 0.3 is 5.97 Å². The summed E-state index contributed by atoms with van der Waals surface area (Å²) in [7, 11) is 0. The molecule has 0 aliphatic rings. The number of imidazole rings is 1. The average Bonchev–Trinajstić information content (AvgIpc) is 2.79. The molecule has 0 aliphatic heterocycles. The average molecular weight is 262 g/mol. The molecule has 6 nitrogen and oxygen atoms in total. The molecule has 0 bridgehead atoms. The first-order chi connectivity index (χ1) is 9.11. The van der Waals surface area contributed by atoms with Gasteiger partial charge in [-0.3, -0.25) is 0 Å². The molecule has 0 aliphatic carbocycles. The standard InChI is InChI=1S/C13H14N2O4/c1-2-15-11(13(17)18)7-14-12(15)8-19-10-5-3-4-9(16)6-10/h3-7,16H,2,8H2,1H3,(H,17,18). The number of benzene rings is 1. The number of hydrogen-bond acceptors (Lipinski definition) is 4. The number of phenolic OH excluding ortho intramolecular Hbond substituents is 1. The first-order valence-electron chi connectivity index (χ1n) is 5.81. The fraction of sp³-hybridized carbons (Fsp3) is 0.231. The van der Waals surface area contributed by atoms with E-state index in [1.807, 2.05) is 6.92 Å². The van der Waals surface area contributed by atoms with Crippen LogP contribution in [0.3, 0.4) is 0 Å².